The monoisotopic (exact) mass is 180 g/mol. The van der Waals surface area contributed by atoms with Crippen molar-refractivity contribution < 1.29 is 0 Å². The molecule has 1 heteroatoms. The fourth-order valence-corrected chi connectivity index (χ4v) is 1.45. The number of aryl methyl sites for hydroxylation is 2. The molecule has 0 aliphatic rings. The first-order valence-electron chi connectivity index (χ1n) is 3.99. The van der Waals surface area contributed by atoms with Crippen LogP contribution in [-0.4, -0.2) is 0 Å². The lowest BCUT2D eigenvalue weighted by atomic mass is 10.0. The highest BCUT2D eigenvalue weighted by atomic mass is 35.5. The largest absolute Gasteiger partial charge is 0.0894 e. The summed E-state index contributed by atoms with van der Waals surface area (Å²) in [4.78, 5) is 0. The van der Waals surface area contributed by atoms with Gasteiger partial charge in [0.25, 0.3) is 0 Å². The van der Waals surface area contributed by atoms with Gasteiger partial charge in [-0.05, 0) is 30.5 Å². The minimum absolute atomic E-state index is 0.701. The molecule has 0 unspecified atom stereocenters. The Bertz CT molecular complexity index is 280. The molecule has 0 radical (unpaired) electrons. The van der Waals surface area contributed by atoms with E-state index in [0.29, 0.717) is 5.03 Å². The van der Waals surface area contributed by atoms with Crippen molar-refractivity contribution in [2.45, 2.75) is 20.3 Å². The van der Waals surface area contributed by atoms with Gasteiger partial charge in [-0.1, -0.05) is 36.4 Å². The van der Waals surface area contributed by atoms with E-state index >= 15 is 0 Å². The Balaban J connectivity index is 3.04. The number of hydrogen-bond donors (Lipinski definition) is 0. The van der Waals surface area contributed by atoms with E-state index in [1.807, 2.05) is 0 Å². The van der Waals surface area contributed by atoms with Crippen molar-refractivity contribution in [2.24, 2.45) is 0 Å². The van der Waals surface area contributed by atoms with E-state index in [2.05, 4.69) is 38.6 Å². The van der Waals surface area contributed by atoms with Crippen molar-refractivity contribution in [1.82, 2.24) is 0 Å². The van der Waals surface area contributed by atoms with Crippen LogP contribution in [0.25, 0.3) is 0 Å². The maximum Gasteiger partial charge on any atom is 0.0153 e. The first-order valence-corrected chi connectivity index (χ1v) is 4.37. The minimum atomic E-state index is 0.701. The molecule has 1 rings (SSSR count). The van der Waals surface area contributed by atoms with Crippen LogP contribution in [0.4, 0.5) is 0 Å². The summed E-state index contributed by atoms with van der Waals surface area (Å²) in [6, 6.07) is 6.26. The predicted molar refractivity (Wildman–Crippen MR) is 54.6 cm³/mol. The predicted octanol–water partition coefficient (Wildman–Crippen LogP) is 3.60. The lowest BCUT2D eigenvalue weighted by molar-refractivity contribution is 1.15. The normalized spacial score (nSPS) is 9.92. The fourth-order valence-electron chi connectivity index (χ4n) is 1.32. The molecule has 0 aliphatic heterocycles. The van der Waals surface area contributed by atoms with E-state index in [-0.39, 0.29) is 0 Å². The van der Waals surface area contributed by atoms with Crippen LogP contribution < -0.4 is 0 Å². The molecular formula is C11H13Cl. The van der Waals surface area contributed by atoms with Gasteiger partial charge < -0.3 is 0 Å². The van der Waals surface area contributed by atoms with Crippen molar-refractivity contribution in [1.29, 1.82) is 0 Å². The van der Waals surface area contributed by atoms with Gasteiger partial charge in [0.1, 0.15) is 0 Å². The highest BCUT2D eigenvalue weighted by Crippen LogP contribution is 2.17. The van der Waals surface area contributed by atoms with Crippen molar-refractivity contribution in [3.05, 3.63) is 46.5 Å². The van der Waals surface area contributed by atoms with Crippen molar-refractivity contribution in [3.63, 3.8) is 0 Å². The molecule has 0 amide bonds. The number of halogens is 1. The first-order chi connectivity index (χ1) is 5.61. The summed E-state index contributed by atoms with van der Waals surface area (Å²) in [7, 11) is 0. The number of allylic oxidation sites excluding steroid dienone is 1. The second-order valence-corrected chi connectivity index (χ2v) is 3.60. The Labute approximate surface area is 78.9 Å². The molecule has 0 aromatic heterocycles. The highest BCUT2D eigenvalue weighted by Gasteiger charge is 2.01. The van der Waals surface area contributed by atoms with E-state index < -0.39 is 0 Å². The molecule has 12 heavy (non-hydrogen) atoms. The second kappa shape index (κ2) is 3.77. The van der Waals surface area contributed by atoms with Crippen LogP contribution in [0.1, 0.15) is 16.7 Å². The Hall–Kier alpha value is -0.750. The van der Waals surface area contributed by atoms with Crippen LogP contribution in [0.15, 0.2) is 29.8 Å². The molecule has 64 valence electrons. The summed E-state index contributed by atoms with van der Waals surface area (Å²) < 4.78 is 0. The number of benzene rings is 1. The van der Waals surface area contributed by atoms with Crippen LogP contribution in [0.3, 0.4) is 0 Å². The van der Waals surface area contributed by atoms with Crippen LogP contribution in [0.2, 0.25) is 0 Å². The molecule has 0 saturated carbocycles. The lowest BCUT2D eigenvalue weighted by Crippen LogP contribution is -1.92. The zero-order chi connectivity index (χ0) is 9.14. The molecule has 0 nitrogen and oxygen atoms in total. The SMILES string of the molecule is C=C(Cl)Cc1c(C)cccc1C. The Morgan fingerprint density at radius 3 is 2.25 bits per heavy atom. The standard InChI is InChI=1S/C11H13Cl/c1-8-5-4-6-9(2)11(8)7-10(3)12/h4-6H,3,7H2,1-2H3. The van der Waals surface area contributed by atoms with Crippen LogP contribution >= 0.6 is 11.6 Å². The van der Waals surface area contributed by atoms with E-state index in [1.54, 1.807) is 0 Å². The van der Waals surface area contributed by atoms with E-state index in [4.69, 9.17) is 11.6 Å². The Morgan fingerprint density at radius 1 is 1.33 bits per heavy atom. The topological polar surface area (TPSA) is 0 Å². The maximum absolute atomic E-state index is 5.76. The fraction of sp³-hybridized carbons (Fsp3) is 0.273. The van der Waals surface area contributed by atoms with E-state index in [0.717, 1.165) is 6.42 Å². The van der Waals surface area contributed by atoms with Gasteiger partial charge in [-0.2, -0.15) is 0 Å². The zero-order valence-electron chi connectivity index (χ0n) is 7.52. The third kappa shape index (κ3) is 2.12. The highest BCUT2D eigenvalue weighted by molar-refractivity contribution is 6.29. The summed E-state index contributed by atoms with van der Waals surface area (Å²) >= 11 is 5.76. The van der Waals surface area contributed by atoms with Crippen molar-refractivity contribution >= 4 is 11.6 Å². The molecule has 0 fully saturated rings. The Morgan fingerprint density at radius 2 is 1.83 bits per heavy atom. The van der Waals surface area contributed by atoms with Gasteiger partial charge >= 0.3 is 0 Å². The van der Waals surface area contributed by atoms with Gasteiger partial charge in [0.05, 0.1) is 0 Å². The molecule has 0 saturated heterocycles. The summed E-state index contributed by atoms with van der Waals surface area (Å²) in [6.07, 6.45) is 0.778. The van der Waals surface area contributed by atoms with Crippen LogP contribution in [0, 0.1) is 13.8 Å². The maximum atomic E-state index is 5.76. The molecule has 0 bridgehead atoms. The molecule has 0 aliphatic carbocycles. The molecule has 0 heterocycles. The van der Waals surface area contributed by atoms with Gasteiger partial charge in [0, 0.05) is 11.5 Å². The zero-order valence-corrected chi connectivity index (χ0v) is 8.28. The van der Waals surface area contributed by atoms with Gasteiger partial charge in [-0.3, -0.25) is 0 Å². The summed E-state index contributed by atoms with van der Waals surface area (Å²) in [6.45, 7) is 7.90. The smallest absolute Gasteiger partial charge is 0.0153 e. The van der Waals surface area contributed by atoms with Gasteiger partial charge in [0.2, 0.25) is 0 Å². The molecular weight excluding hydrogens is 168 g/mol. The number of rotatable bonds is 2. The van der Waals surface area contributed by atoms with Crippen molar-refractivity contribution in [3.8, 4) is 0 Å². The lowest BCUT2D eigenvalue weighted by Gasteiger charge is -2.07. The molecule has 0 N–H and O–H groups in total. The summed E-state index contributed by atoms with van der Waals surface area (Å²) in [5.74, 6) is 0. The molecule has 1 aromatic rings. The molecule has 1 aromatic carbocycles. The molecule has 0 spiro atoms. The van der Waals surface area contributed by atoms with Crippen LogP contribution in [-0.2, 0) is 6.42 Å². The van der Waals surface area contributed by atoms with E-state index in [9.17, 15) is 0 Å². The summed E-state index contributed by atoms with van der Waals surface area (Å²) in [5.41, 5.74) is 3.88. The number of hydrogen-bond acceptors (Lipinski definition) is 0. The second-order valence-electron chi connectivity index (χ2n) is 3.06. The minimum Gasteiger partial charge on any atom is -0.0894 e. The van der Waals surface area contributed by atoms with Gasteiger partial charge in [-0.15, -0.1) is 0 Å². The van der Waals surface area contributed by atoms with Crippen molar-refractivity contribution in [2.75, 3.05) is 0 Å². The average molecular weight is 181 g/mol. The van der Waals surface area contributed by atoms with Gasteiger partial charge in [-0.25, -0.2) is 0 Å². The third-order valence-electron chi connectivity index (χ3n) is 2.01. The van der Waals surface area contributed by atoms with Crippen LogP contribution in [0.5, 0.6) is 0 Å². The average Bonchev–Trinajstić information content (AvgIpc) is 1.97. The third-order valence-corrected chi connectivity index (χ3v) is 2.15. The van der Waals surface area contributed by atoms with Gasteiger partial charge in [0.15, 0.2) is 0 Å². The quantitative estimate of drug-likeness (QED) is 0.653. The van der Waals surface area contributed by atoms with E-state index in [1.165, 1.54) is 16.7 Å². The summed E-state index contributed by atoms with van der Waals surface area (Å²) in [5, 5.41) is 0.701. The molecule has 0 atom stereocenters. The Kier molecular flexibility index (Phi) is 2.93. The first kappa shape index (κ1) is 9.34.